The zero-order valence-electron chi connectivity index (χ0n) is 9.04. The Labute approximate surface area is 105 Å². The zero-order valence-corrected chi connectivity index (χ0v) is 10.6. The standard InChI is InChI=1S/C11H14Cl2N2O/c1-16-11-14-4-5-15(11)7-8-6-9(12)2-3-10(8)13/h2-3,6,11,14H,4-5,7H2,1H3. The van der Waals surface area contributed by atoms with E-state index in [1.807, 2.05) is 12.1 Å². The summed E-state index contributed by atoms with van der Waals surface area (Å²) in [6, 6.07) is 5.52. The smallest absolute Gasteiger partial charge is 0.165 e. The number of hydrogen-bond donors (Lipinski definition) is 1. The maximum absolute atomic E-state index is 6.12. The number of ether oxygens (including phenoxy) is 1. The van der Waals surface area contributed by atoms with E-state index in [1.165, 1.54) is 0 Å². The second kappa shape index (κ2) is 5.34. The highest BCUT2D eigenvalue weighted by molar-refractivity contribution is 6.33. The molecule has 16 heavy (non-hydrogen) atoms. The van der Waals surface area contributed by atoms with Crippen LogP contribution in [0.1, 0.15) is 5.56 Å². The molecule has 1 saturated heterocycles. The van der Waals surface area contributed by atoms with Crippen molar-refractivity contribution in [3.63, 3.8) is 0 Å². The van der Waals surface area contributed by atoms with Crippen molar-refractivity contribution in [3.8, 4) is 0 Å². The van der Waals surface area contributed by atoms with Crippen molar-refractivity contribution in [1.82, 2.24) is 10.2 Å². The molecule has 3 nitrogen and oxygen atoms in total. The highest BCUT2D eigenvalue weighted by atomic mass is 35.5. The van der Waals surface area contributed by atoms with Gasteiger partial charge in [-0.25, -0.2) is 0 Å². The summed E-state index contributed by atoms with van der Waals surface area (Å²) in [5.41, 5.74) is 1.03. The SMILES string of the molecule is COC1NCCN1Cc1cc(Cl)ccc1Cl. The molecule has 0 bridgehead atoms. The van der Waals surface area contributed by atoms with Crippen LogP contribution in [0.4, 0.5) is 0 Å². The van der Waals surface area contributed by atoms with Crippen LogP contribution in [0.2, 0.25) is 10.0 Å². The minimum atomic E-state index is -0.0324. The first-order valence-corrected chi connectivity index (χ1v) is 5.90. The Morgan fingerprint density at radius 2 is 2.31 bits per heavy atom. The maximum Gasteiger partial charge on any atom is 0.165 e. The van der Waals surface area contributed by atoms with Crippen molar-refractivity contribution < 1.29 is 4.74 Å². The fourth-order valence-corrected chi connectivity index (χ4v) is 2.23. The average molecular weight is 261 g/mol. The van der Waals surface area contributed by atoms with Gasteiger partial charge < -0.3 is 4.74 Å². The third-order valence-electron chi connectivity index (χ3n) is 2.65. The van der Waals surface area contributed by atoms with Crippen molar-refractivity contribution in [1.29, 1.82) is 0 Å². The van der Waals surface area contributed by atoms with Crippen molar-refractivity contribution in [3.05, 3.63) is 33.8 Å². The molecule has 1 aliphatic heterocycles. The number of methoxy groups -OCH3 is 1. The van der Waals surface area contributed by atoms with E-state index in [2.05, 4.69) is 10.2 Å². The molecule has 1 aromatic carbocycles. The molecular weight excluding hydrogens is 247 g/mol. The normalized spacial score (nSPS) is 21.6. The Bertz CT molecular complexity index is 373. The summed E-state index contributed by atoms with van der Waals surface area (Å²) in [5.74, 6) is 0. The molecule has 0 aliphatic carbocycles. The lowest BCUT2D eigenvalue weighted by atomic mass is 10.2. The largest absolute Gasteiger partial charge is 0.353 e. The quantitative estimate of drug-likeness (QED) is 0.903. The molecule has 88 valence electrons. The maximum atomic E-state index is 6.12. The Balaban J connectivity index is 2.11. The van der Waals surface area contributed by atoms with E-state index >= 15 is 0 Å². The van der Waals surface area contributed by atoms with Gasteiger partial charge in [0.15, 0.2) is 6.35 Å². The lowest BCUT2D eigenvalue weighted by molar-refractivity contribution is -0.0226. The van der Waals surface area contributed by atoms with Gasteiger partial charge in [0.05, 0.1) is 0 Å². The molecule has 0 amide bonds. The van der Waals surface area contributed by atoms with E-state index in [9.17, 15) is 0 Å². The molecule has 1 unspecified atom stereocenters. The van der Waals surface area contributed by atoms with Gasteiger partial charge in [-0.2, -0.15) is 0 Å². The van der Waals surface area contributed by atoms with Gasteiger partial charge in [-0.15, -0.1) is 0 Å². The van der Waals surface area contributed by atoms with Gasteiger partial charge in [0.25, 0.3) is 0 Å². The van der Waals surface area contributed by atoms with Gasteiger partial charge in [-0.05, 0) is 23.8 Å². The molecule has 0 aromatic heterocycles. The van der Waals surface area contributed by atoms with Crippen molar-refractivity contribution in [2.45, 2.75) is 12.9 Å². The summed E-state index contributed by atoms with van der Waals surface area (Å²) in [7, 11) is 1.69. The summed E-state index contributed by atoms with van der Waals surface area (Å²) >= 11 is 12.1. The molecule has 0 saturated carbocycles. The van der Waals surface area contributed by atoms with Crippen molar-refractivity contribution in [2.24, 2.45) is 0 Å². The van der Waals surface area contributed by atoms with Gasteiger partial charge in [-0.3, -0.25) is 10.2 Å². The second-order valence-electron chi connectivity index (χ2n) is 3.75. The van der Waals surface area contributed by atoms with Gasteiger partial charge in [-0.1, -0.05) is 23.2 Å². The fraction of sp³-hybridized carbons (Fsp3) is 0.455. The molecule has 1 aliphatic rings. The van der Waals surface area contributed by atoms with Gasteiger partial charge in [0.2, 0.25) is 0 Å². The number of rotatable bonds is 3. The van der Waals surface area contributed by atoms with Gasteiger partial charge in [0, 0.05) is 36.8 Å². The molecular formula is C11H14Cl2N2O. The predicted molar refractivity (Wildman–Crippen MR) is 65.7 cm³/mol. The monoisotopic (exact) mass is 260 g/mol. The van der Waals surface area contributed by atoms with Crippen LogP contribution in [0, 0.1) is 0 Å². The Morgan fingerprint density at radius 3 is 3.06 bits per heavy atom. The number of nitrogens with zero attached hydrogens (tertiary/aromatic N) is 1. The number of hydrogen-bond acceptors (Lipinski definition) is 3. The zero-order chi connectivity index (χ0) is 11.5. The first-order chi connectivity index (χ1) is 7.70. The van der Waals surface area contributed by atoms with Crippen LogP contribution < -0.4 is 5.32 Å². The average Bonchev–Trinajstić information content (AvgIpc) is 2.71. The van der Waals surface area contributed by atoms with E-state index < -0.39 is 0 Å². The van der Waals surface area contributed by atoms with Crippen LogP contribution in [0.5, 0.6) is 0 Å². The van der Waals surface area contributed by atoms with Gasteiger partial charge in [0.1, 0.15) is 0 Å². The van der Waals surface area contributed by atoms with E-state index in [0.29, 0.717) is 5.02 Å². The third kappa shape index (κ3) is 2.67. The Hall–Kier alpha value is -0.320. The van der Waals surface area contributed by atoms with Crippen LogP contribution in [0.25, 0.3) is 0 Å². The summed E-state index contributed by atoms with van der Waals surface area (Å²) in [6.45, 7) is 2.61. The summed E-state index contributed by atoms with van der Waals surface area (Å²) in [5, 5.41) is 4.69. The summed E-state index contributed by atoms with van der Waals surface area (Å²) in [4.78, 5) is 2.18. The molecule has 1 fully saturated rings. The molecule has 1 heterocycles. The first-order valence-electron chi connectivity index (χ1n) is 5.15. The minimum Gasteiger partial charge on any atom is -0.353 e. The fourth-order valence-electron chi connectivity index (χ4n) is 1.86. The highest BCUT2D eigenvalue weighted by Crippen LogP contribution is 2.23. The van der Waals surface area contributed by atoms with Gasteiger partial charge >= 0.3 is 0 Å². The first kappa shape index (κ1) is 12.1. The van der Waals surface area contributed by atoms with Crippen LogP contribution in [-0.4, -0.2) is 31.5 Å². The summed E-state index contributed by atoms with van der Waals surface area (Å²) in [6.07, 6.45) is -0.0324. The topological polar surface area (TPSA) is 24.5 Å². The molecule has 0 spiro atoms. The van der Waals surface area contributed by atoms with Crippen molar-refractivity contribution in [2.75, 3.05) is 20.2 Å². The molecule has 1 aromatic rings. The van der Waals surface area contributed by atoms with Crippen LogP contribution in [-0.2, 0) is 11.3 Å². The minimum absolute atomic E-state index is 0.0324. The highest BCUT2D eigenvalue weighted by Gasteiger charge is 2.23. The Kier molecular flexibility index (Phi) is 4.05. The predicted octanol–water partition coefficient (Wildman–Crippen LogP) is 2.33. The van der Waals surface area contributed by atoms with Crippen molar-refractivity contribution >= 4 is 23.2 Å². The van der Waals surface area contributed by atoms with E-state index in [1.54, 1.807) is 13.2 Å². The van der Waals surface area contributed by atoms with E-state index in [0.717, 1.165) is 30.2 Å². The second-order valence-corrected chi connectivity index (χ2v) is 4.59. The molecule has 1 N–H and O–H groups in total. The third-order valence-corrected chi connectivity index (χ3v) is 3.26. The lowest BCUT2D eigenvalue weighted by Crippen LogP contribution is -2.36. The van der Waals surface area contributed by atoms with E-state index in [4.69, 9.17) is 27.9 Å². The van der Waals surface area contributed by atoms with E-state index in [-0.39, 0.29) is 6.35 Å². The number of benzene rings is 1. The molecule has 2 rings (SSSR count). The molecule has 1 atom stereocenters. The molecule has 5 heteroatoms. The van der Waals surface area contributed by atoms with Crippen LogP contribution in [0.3, 0.4) is 0 Å². The Morgan fingerprint density at radius 1 is 1.50 bits per heavy atom. The number of halogens is 2. The summed E-state index contributed by atoms with van der Waals surface area (Å²) < 4.78 is 5.30. The number of nitrogens with one attached hydrogen (secondary N) is 1. The van der Waals surface area contributed by atoms with Crippen LogP contribution in [0.15, 0.2) is 18.2 Å². The molecule has 0 radical (unpaired) electrons. The lowest BCUT2D eigenvalue weighted by Gasteiger charge is -2.22. The van der Waals surface area contributed by atoms with Crippen LogP contribution >= 0.6 is 23.2 Å².